The summed E-state index contributed by atoms with van der Waals surface area (Å²) in [7, 11) is 0. The van der Waals surface area contributed by atoms with Crippen molar-refractivity contribution < 1.29 is 19.1 Å². The number of ketones is 1. The smallest absolute Gasteiger partial charge is 0.345 e. The number of benzene rings is 1. The van der Waals surface area contributed by atoms with E-state index in [0.29, 0.717) is 0 Å². The van der Waals surface area contributed by atoms with E-state index in [-0.39, 0.29) is 23.7 Å². The van der Waals surface area contributed by atoms with Crippen molar-refractivity contribution in [3.63, 3.8) is 0 Å². The van der Waals surface area contributed by atoms with Crippen LogP contribution in [0.5, 0.6) is 0 Å². The molecule has 0 spiro atoms. The Morgan fingerprint density at radius 1 is 1.29 bits per heavy atom. The Labute approximate surface area is 123 Å². The predicted molar refractivity (Wildman–Crippen MR) is 79.0 cm³/mol. The lowest BCUT2D eigenvalue weighted by Gasteiger charge is -1.99. The zero-order chi connectivity index (χ0) is 15.2. The van der Waals surface area contributed by atoms with E-state index in [0.717, 1.165) is 5.56 Å². The zero-order valence-corrected chi connectivity index (χ0v) is 12.0. The molecule has 1 aromatic carbocycles. The maximum absolute atomic E-state index is 12.1. The molecule has 4 heteroatoms. The summed E-state index contributed by atoms with van der Waals surface area (Å²) in [5.41, 5.74) is 0.978. The van der Waals surface area contributed by atoms with Gasteiger partial charge < -0.3 is 9.47 Å². The fourth-order valence-corrected chi connectivity index (χ4v) is 1.91. The van der Waals surface area contributed by atoms with E-state index in [1.807, 2.05) is 36.4 Å². The van der Waals surface area contributed by atoms with Gasteiger partial charge in [-0.1, -0.05) is 42.5 Å². The minimum Gasteiger partial charge on any atom is -0.462 e. The maximum atomic E-state index is 12.1. The van der Waals surface area contributed by atoms with Gasteiger partial charge in [0.05, 0.1) is 6.61 Å². The van der Waals surface area contributed by atoms with Gasteiger partial charge in [0.2, 0.25) is 5.78 Å². The first-order valence-corrected chi connectivity index (χ1v) is 6.67. The second-order valence-corrected chi connectivity index (χ2v) is 4.38. The number of carbonyl (C=O) groups is 2. The molecule has 1 heterocycles. The summed E-state index contributed by atoms with van der Waals surface area (Å²) in [5, 5.41) is 0. The fraction of sp³-hybridized carbons (Fsp3) is 0.176. The molecule has 1 aromatic rings. The monoisotopic (exact) mass is 284 g/mol. The van der Waals surface area contributed by atoms with Crippen LogP contribution in [0.1, 0.15) is 19.4 Å². The molecule has 21 heavy (non-hydrogen) atoms. The highest BCUT2D eigenvalue weighted by Crippen LogP contribution is 2.25. The number of allylic oxidation sites excluding steroid dienone is 4. The number of hydrogen-bond acceptors (Lipinski definition) is 4. The second-order valence-electron chi connectivity index (χ2n) is 4.38. The number of esters is 1. The van der Waals surface area contributed by atoms with Crippen molar-refractivity contribution in [2.75, 3.05) is 6.61 Å². The molecule has 1 aliphatic rings. The van der Waals surface area contributed by atoms with Crippen LogP contribution in [0.4, 0.5) is 0 Å². The Bertz CT molecular complexity index is 636. The number of rotatable bonds is 4. The summed E-state index contributed by atoms with van der Waals surface area (Å²) in [6, 6.07) is 9.67. The van der Waals surface area contributed by atoms with Crippen LogP contribution < -0.4 is 0 Å². The Balaban J connectivity index is 2.11. The SMILES string of the molecule is CCOC(=O)C1=C(C)O/C(=C\C=C/c2ccccc2)C1=O. The van der Waals surface area contributed by atoms with E-state index >= 15 is 0 Å². The standard InChI is InChI=1S/C17H16O4/c1-3-20-17(19)15-12(2)21-14(16(15)18)11-7-10-13-8-5-4-6-9-13/h4-11H,3H2,1-2H3/b10-7-,14-11-. The van der Waals surface area contributed by atoms with Crippen LogP contribution in [0.3, 0.4) is 0 Å². The average molecular weight is 284 g/mol. The Kier molecular flexibility index (Phi) is 4.72. The minimum absolute atomic E-state index is 0.0313. The summed E-state index contributed by atoms with van der Waals surface area (Å²) in [4.78, 5) is 23.8. The molecular formula is C17H16O4. The van der Waals surface area contributed by atoms with Crippen molar-refractivity contribution in [1.82, 2.24) is 0 Å². The lowest BCUT2D eigenvalue weighted by atomic mass is 10.1. The van der Waals surface area contributed by atoms with Crippen molar-refractivity contribution >= 4 is 17.8 Å². The molecule has 0 fully saturated rings. The number of hydrogen-bond donors (Lipinski definition) is 0. The molecule has 0 aliphatic carbocycles. The lowest BCUT2D eigenvalue weighted by Crippen LogP contribution is -2.14. The molecule has 0 bridgehead atoms. The van der Waals surface area contributed by atoms with Crippen molar-refractivity contribution in [2.24, 2.45) is 0 Å². The van der Waals surface area contributed by atoms with Crippen molar-refractivity contribution in [3.8, 4) is 0 Å². The van der Waals surface area contributed by atoms with E-state index in [1.54, 1.807) is 26.0 Å². The van der Waals surface area contributed by atoms with Gasteiger partial charge in [-0.15, -0.1) is 0 Å². The normalized spacial score (nSPS) is 16.7. The van der Waals surface area contributed by atoms with Crippen molar-refractivity contribution in [3.05, 3.63) is 65.1 Å². The van der Waals surface area contributed by atoms with Gasteiger partial charge >= 0.3 is 5.97 Å². The maximum Gasteiger partial charge on any atom is 0.345 e. The van der Waals surface area contributed by atoms with Gasteiger partial charge in [-0.3, -0.25) is 4.79 Å². The van der Waals surface area contributed by atoms with Gasteiger partial charge in [0, 0.05) is 0 Å². The molecule has 108 valence electrons. The Morgan fingerprint density at radius 3 is 2.67 bits per heavy atom. The first kappa shape index (κ1) is 14.8. The largest absolute Gasteiger partial charge is 0.462 e. The quantitative estimate of drug-likeness (QED) is 0.484. The molecule has 0 amide bonds. The fourth-order valence-electron chi connectivity index (χ4n) is 1.91. The average Bonchev–Trinajstić information content (AvgIpc) is 2.75. The van der Waals surface area contributed by atoms with Gasteiger partial charge in [-0.05, 0) is 25.5 Å². The molecule has 0 unspecified atom stereocenters. The van der Waals surface area contributed by atoms with E-state index in [9.17, 15) is 9.59 Å². The van der Waals surface area contributed by atoms with Crippen LogP contribution in [0.2, 0.25) is 0 Å². The highest BCUT2D eigenvalue weighted by Gasteiger charge is 2.33. The van der Waals surface area contributed by atoms with Crippen LogP contribution in [0.15, 0.2) is 59.6 Å². The Hall–Kier alpha value is -2.62. The molecule has 0 saturated carbocycles. The molecule has 2 rings (SSSR count). The first-order valence-electron chi connectivity index (χ1n) is 6.67. The van der Waals surface area contributed by atoms with E-state index in [4.69, 9.17) is 9.47 Å². The van der Waals surface area contributed by atoms with Gasteiger partial charge in [0.1, 0.15) is 11.3 Å². The zero-order valence-electron chi connectivity index (χ0n) is 12.0. The number of carbonyl (C=O) groups excluding carboxylic acids is 2. The molecule has 0 N–H and O–H groups in total. The van der Waals surface area contributed by atoms with E-state index in [2.05, 4.69) is 0 Å². The summed E-state index contributed by atoms with van der Waals surface area (Å²) < 4.78 is 10.2. The van der Waals surface area contributed by atoms with Gasteiger partial charge in [0.15, 0.2) is 5.76 Å². The summed E-state index contributed by atoms with van der Waals surface area (Å²) in [6.07, 6.45) is 5.11. The van der Waals surface area contributed by atoms with Crippen LogP contribution in [-0.4, -0.2) is 18.4 Å². The van der Waals surface area contributed by atoms with E-state index in [1.165, 1.54) is 0 Å². The summed E-state index contributed by atoms with van der Waals surface area (Å²) in [6.45, 7) is 3.48. The predicted octanol–water partition coefficient (Wildman–Crippen LogP) is 3.02. The number of Topliss-reactive ketones (excluding diaryl/α,β-unsaturated/α-hetero) is 1. The number of ether oxygens (including phenoxy) is 2. The van der Waals surface area contributed by atoms with E-state index < -0.39 is 11.8 Å². The van der Waals surface area contributed by atoms with Crippen LogP contribution in [-0.2, 0) is 19.1 Å². The molecule has 0 aromatic heterocycles. The molecule has 1 aliphatic heterocycles. The minimum atomic E-state index is -0.643. The molecule has 0 saturated heterocycles. The third-order valence-electron chi connectivity index (χ3n) is 2.88. The molecule has 0 radical (unpaired) electrons. The summed E-state index contributed by atoms with van der Waals surface area (Å²) in [5.74, 6) is -0.681. The van der Waals surface area contributed by atoms with Crippen LogP contribution in [0.25, 0.3) is 6.08 Å². The molecule has 0 atom stereocenters. The highest BCUT2D eigenvalue weighted by molar-refractivity contribution is 6.25. The van der Waals surface area contributed by atoms with Crippen LogP contribution in [0, 0.1) is 0 Å². The highest BCUT2D eigenvalue weighted by atomic mass is 16.5. The summed E-state index contributed by atoms with van der Waals surface area (Å²) >= 11 is 0. The third-order valence-corrected chi connectivity index (χ3v) is 2.88. The second kappa shape index (κ2) is 6.70. The first-order chi connectivity index (χ1) is 10.1. The Morgan fingerprint density at radius 2 is 2.00 bits per heavy atom. The van der Waals surface area contributed by atoms with Crippen LogP contribution >= 0.6 is 0 Å². The lowest BCUT2D eigenvalue weighted by molar-refractivity contribution is -0.139. The van der Waals surface area contributed by atoms with Gasteiger partial charge in [0.25, 0.3) is 0 Å². The van der Waals surface area contributed by atoms with Crippen molar-refractivity contribution in [1.29, 1.82) is 0 Å². The molecule has 4 nitrogen and oxygen atoms in total. The topological polar surface area (TPSA) is 52.6 Å². The van der Waals surface area contributed by atoms with Gasteiger partial charge in [-0.25, -0.2) is 4.79 Å². The van der Waals surface area contributed by atoms with Crippen molar-refractivity contribution in [2.45, 2.75) is 13.8 Å². The van der Waals surface area contributed by atoms with Gasteiger partial charge in [-0.2, -0.15) is 0 Å². The molecular weight excluding hydrogens is 268 g/mol. The third kappa shape index (κ3) is 3.48.